The molecule has 0 aliphatic heterocycles. The fraction of sp³-hybridized carbons (Fsp3) is 0.190. The third-order valence-corrected chi connectivity index (χ3v) is 4.18. The Hall–Kier alpha value is -4.01. The van der Waals surface area contributed by atoms with Crippen LogP contribution in [0.4, 0.5) is 0 Å². The lowest BCUT2D eigenvalue weighted by Gasteiger charge is -2.08. The molecule has 0 aliphatic carbocycles. The van der Waals surface area contributed by atoms with Gasteiger partial charge in [-0.05, 0) is 29.3 Å². The van der Waals surface area contributed by atoms with E-state index in [9.17, 15) is 9.59 Å². The molecule has 1 aromatic carbocycles. The summed E-state index contributed by atoms with van der Waals surface area (Å²) in [6.07, 6.45) is 2.78. The van der Waals surface area contributed by atoms with Crippen molar-refractivity contribution in [3.63, 3.8) is 0 Å². The molecule has 0 spiro atoms. The second-order valence-corrected chi connectivity index (χ2v) is 6.21. The minimum Gasteiger partial charge on any atom is -0.497 e. The van der Waals surface area contributed by atoms with E-state index in [1.54, 1.807) is 25.4 Å². The standard InChI is InChI=1S/C21H21N5O4/c1-29-16-5-3-4-14(8-16)11-23-20(27)17-10-18(26-13-25-17)21(28)24-12-15-6-7-22-19(9-15)30-2/h3-10,13H,11-12H2,1-2H3,(H,23,27)(H,24,28). The van der Waals surface area contributed by atoms with Crippen molar-refractivity contribution < 1.29 is 19.1 Å². The van der Waals surface area contributed by atoms with Crippen molar-refractivity contribution >= 4 is 11.8 Å². The Balaban J connectivity index is 1.59. The Kier molecular flexibility index (Phi) is 6.88. The van der Waals surface area contributed by atoms with Crippen LogP contribution in [0.5, 0.6) is 11.6 Å². The summed E-state index contributed by atoms with van der Waals surface area (Å²) < 4.78 is 10.2. The second kappa shape index (κ2) is 9.97. The third kappa shape index (κ3) is 5.51. The average Bonchev–Trinajstić information content (AvgIpc) is 2.81. The molecule has 0 atom stereocenters. The van der Waals surface area contributed by atoms with E-state index >= 15 is 0 Å². The van der Waals surface area contributed by atoms with Crippen LogP contribution in [0.3, 0.4) is 0 Å². The molecule has 9 nitrogen and oxygen atoms in total. The Labute approximate surface area is 173 Å². The van der Waals surface area contributed by atoms with E-state index in [2.05, 4.69) is 25.6 Å². The monoisotopic (exact) mass is 407 g/mol. The van der Waals surface area contributed by atoms with Crippen LogP contribution < -0.4 is 20.1 Å². The van der Waals surface area contributed by atoms with Crippen molar-refractivity contribution in [2.45, 2.75) is 13.1 Å². The van der Waals surface area contributed by atoms with E-state index in [0.717, 1.165) is 11.1 Å². The third-order valence-electron chi connectivity index (χ3n) is 4.18. The fourth-order valence-corrected chi connectivity index (χ4v) is 2.61. The Morgan fingerprint density at radius 2 is 1.50 bits per heavy atom. The number of hydrogen-bond donors (Lipinski definition) is 2. The highest BCUT2D eigenvalue weighted by Crippen LogP contribution is 2.12. The molecule has 0 fully saturated rings. The summed E-state index contributed by atoms with van der Waals surface area (Å²) in [6.45, 7) is 0.560. The fourth-order valence-electron chi connectivity index (χ4n) is 2.61. The van der Waals surface area contributed by atoms with Crippen molar-refractivity contribution in [1.29, 1.82) is 0 Å². The van der Waals surface area contributed by atoms with Gasteiger partial charge in [-0.1, -0.05) is 12.1 Å². The van der Waals surface area contributed by atoms with Crippen LogP contribution in [-0.4, -0.2) is 41.0 Å². The number of ether oxygens (including phenoxy) is 2. The summed E-state index contributed by atoms with van der Waals surface area (Å²) >= 11 is 0. The molecule has 2 heterocycles. The first-order valence-corrected chi connectivity index (χ1v) is 9.09. The largest absolute Gasteiger partial charge is 0.497 e. The number of amides is 2. The number of benzene rings is 1. The van der Waals surface area contributed by atoms with Gasteiger partial charge >= 0.3 is 0 Å². The molecule has 9 heteroatoms. The molecule has 0 bridgehead atoms. The van der Waals surface area contributed by atoms with Crippen LogP contribution in [0.1, 0.15) is 32.1 Å². The lowest BCUT2D eigenvalue weighted by molar-refractivity contribution is 0.0944. The molecule has 0 saturated heterocycles. The zero-order valence-corrected chi connectivity index (χ0v) is 16.6. The number of pyridine rings is 1. The Morgan fingerprint density at radius 1 is 0.833 bits per heavy atom. The zero-order chi connectivity index (χ0) is 21.3. The molecular formula is C21H21N5O4. The number of aromatic nitrogens is 3. The van der Waals surface area contributed by atoms with E-state index in [4.69, 9.17) is 9.47 Å². The van der Waals surface area contributed by atoms with Crippen molar-refractivity contribution in [3.8, 4) is 11.6 Å². The van der Waals surface area contributed by atoms with Crippen LogP contribution in [0.2, 0.25) is 0 Å². The van der Waals surface area contributed by atoms with E-state index < -0.39 is 11.8 Å². The van der Waals surface area contributed by atoms with Gasteiger partial charge in [0.05, 0.1) is 14.2 Å². The Morgan fingerprint density at radius 3 is 2.13 bits per heavy atom. The average molecular weight is 407 g/mol. The summed E-state index contributed by atoms with van der Waals surface area (Å²) in [4.78, 5) is 36.7. The van der Waals surface area contributed by atoms with E-state index in [-0.39, 0.29) is 17.9 Å². The number of carbonyl (C=O) groups is 2. The van der Waals surface area contributed by atoms with E-state index in [1.165, 1.54) is 19.5 Å². The van der Waals surface area contributed by atoms with Crippen molar-refractivity contribution in [1.82, 2.24) is 25.6 Å². The summed E-state index contributed by atoms with van der Waals surface area (Å²) in [5, 5.41) is 5.51. The lowest BCUT2D eigenvalue weighted by atomic mass is 10.2. The summed E-state index contributed by atoms with van der Waals surface area (Å²) in [5.41, 5.74) is 1.89. The van der Waals surface area contributed by atoms with Gasteiger partial charge in [0.15, 0.2) is 0 Å². The highest BCUT2D eigenvalue weighted by molar-refractivity contribution is 5.97. The molecular weight excluding hydrogens is 386 g/mol. The van der Waals surface area contributed by atoms with Crippen LogP contribution in [0, 0.1) is 0 Å². The first-order chi connectivity index (χ1) is 14.6. The molecule has 0 saturated carbocycles. The SMILES string of the molecule is COc1cccc(CNC(=O)c2cc(C(=O)NCc3ccnc(OC)c3)ncn2)c1. The van der Waals surface area contributed by atoms with Gasteiger partial charge < -0.3 is 20.1 Å². The van der Waals surface area contributed by atoms with Gasteiger partial charge in [0.1, 0.15) is 23.5 Å². The molecule has 2 N–H and O–H groups in total. The van der Waals surface area contributed by atoms with Gasteiger partial charge in [0, 0.05) is 31.4 Å². The molecule has 154 valence electrons. The smallest absolute Gasteiger partial charge is 0.270 e. The summed E-state index contributed by atoms with van der Waals surface area (Å²) in [5.74, 6) is 0.330. The van der Waals surface area contributed by atoms with E-state index in [1.807, 2.05) is 24.3 Å². The van der Waals surface area contributed by atoms with Gasteiger partial charge in [0.25, 0.3) is 11.8 Å². The first kappa shape index (κ1) is 20.7. The minimum absolute atomic E-state index is 0.0950. The second-order valence-electron chi connectivity index (χ2n) is 6.21. The van der Waals surface area contributed by atoms with Gasteiger partial charge in [0.2, 0.25) is 5.88 Å². The number of rotatable bonds is 8. The summed E-state index contributed by atoms with van der Waals surface area (Å²) in [6, 6.07) is 12.2. The van der Waals surface area contributed by atoms with Crippen molar-refractivity contribution in [2.75, 3.05) is 14.2 Å². The highest BCUT2D eigenvalue weighted by atomic mass is 16.5. The number of nitrogens with zero attached hydrogens (tertiary/aromatic N) is 3. The first-order valence-electron chi connectivity index (χ1n) is 9.09. The van der Waals surface area contributed by atoms with Crippen LogP contribution in [0.25, 0.3) is 0 Å². The molecule has 0 radical (unpaired) electrons. The maximum Gasteiger partial charge on any atom is 0.270 e. The molecule has 3 rings (SSSR count). The van der Waals surface area contributed by atoms with Crippen molar-refractivity contribution in [3.05, 3.63) is 77.5 Å². The van der Waals surface area contributed by atoms with Gasteiger partial charge in [-0.2, -0.15) is 0 Å². The number of carbonyl (C=O) groups excluding carboxylic acids is 2. The van der Waals surface area contributed by atoms with E-state index in [0.29, 0.717) is 18.2 Å². The predicted octanol–water partition coefficient (Wildman–Crippen LogP) is 1.75. The normalized spacial score (nSPS) is 10.2. The topological polar surface area (TPSA) is 115 Å². The highest BCUT2D eigenvalue weighted by Gasteiger charge is 2.13. The molecule has 0 aliphatic rings. The molecule has 0 unspecified atom stereocenters. The van der Waals surface area contributed by atoms with Gasteiger partial charge in [-0.3, -0.25) is 9.59 Å². The lowest BCUT2D eigenvalue weighted by Crippen LogP contribution is -2.27. The van der Waals surface area contributed by atoms with Crippen molar-refractivity contribution in [2.24, 2.45) is 0 Å². The molecule has 3 aromatic rings. The van der Waals surface area contributed by atoms with Crippen LogP contribution in [-0.2, 0) is 13.1 Å². The molecule has 2 amide bonds. The minimum atomic E-state index is -0.421. The number of hydrogen-bond acceptors (Lipinski definition) is 7. The quantitative estimate of drug-likeness (QED) is 0.584. The van der Waals surface area contributed by atoms with Crippen LogP contribution in [0.15, 0.2) is 55.0 Å². The maximum atomic E-state index is 12.4. The molecule has 30 heavy (non-hydrogen) atoms. The molecule has 2 aromatic heterocycles. The number of nitrogens with one attached hydrogen (secondary N) is 2. The number of methoxy groups -OCH3 is 2. The van der Waals surface area contributed by atoms with Crippen LogP contribution >= 0.6 is 0 Å². The zero-order valence-electron chi connectivity index (χ0n) is 16.6. The maximum absolute atomic E-state index is 12.4. The van der Waals surface area contributed by atoms with Gasteiger partial charge in [-0.15, -0.1) is 0 Å². The predicted molar refractivity (Wildman–Crippen MR) is 108 cm³/mol. The summed E-state index contributed by atoms with van der Waals surface area (Å²) in [7, 11) is 3.10. The van der Waals surface area contributed by atoms with Gasteiger partial charge in [-0.25, -0.2) is 15.0 Å². The Bertz CT molecular complexity index is 962.